The van der Waals surface area contributed by atoms with E-state index in [1.54, 1.807) is 0 Å². The Kier molecular flexibility index (Phi) is 6.46. The average molecular weight is 284 g/mol. The highest BCUT2D eigenvalue weighted by molar-refractivity contribution is 5.82. The van der Waals surface area contributed by atoms with Crippen molar-refractivity contribution in [2.24, 2.45) is 10.8 Å². The molecule has 4 heteroatoms. The standard InChI is InChI=1S/C16H32N2O2/c1-5-6-16(7-9-17-10-8-16)14(20)18-12-13(19)11-15(2,3)4/h13,17,19H,5-12H2,1-4H3,(H,18,20). The van der Waals surface area contributed by atoms with Crippen molar-refractivity contribution in [2.45, 2.75) is 65.9 Å². The molecule has 1 rings (SSSR count). The third-order valence-electron chi connectivity index (χ3n) is 4.12. The minimum absolute atomic E-state index is 0.0833. The van der Waals surface area contributed by atoms with E-state index >= 15 is 0 Å². The molecule has 0 bridgehead atoms. The molecule has 1 amide bonds. The highest BCUT2D eigenvalue weighted by Gasteiger charge is 2.38. The lowest BCUT2D eigenvalue weighted by molar-refractivity contribution is -0.133. The van der Waals surface area contributed by atoms with Gasteiger partial charge < -0.3 is 15.7 Å². The number of nitrogens with one attached hydrogen (secondary N) is 2. The Hall–Kier alpha value is -0.610. The van der Waals surface area contributed by atoms with E-state index in [1.165, 1.54) is 0 Å². The molecule has 118 valence electrons. The number of piperidine rings is 1. The van der Waals surface area contributed by atoms with E-state index in [-0.39, 0.29) is 16.7 Å². The summed E-state index contributed by atoms with van der Waals surface area (Å²) in [4.78, 5) is 12.5. The largest absolute Gasteiger partial charge is 0.391 e. The Labute approximate surface area is 123 Å². The van der Waals surface area contributed by atoms with Crippen molar-refractivity contribution in [3.8, 4) is 0 Å². The van der Waals surface area contributed by atoms with Crippen molar-refractivity contribution in [1.82, 2.24) is 10.6 Å². The van der Waals surface area contributed by atoms with Gasteiger partial charge >= 0.3 is 0 Å². The monoisotopic (exact) mass is 284 g/mol. The molecular weight excluding hydrogens is 252 g/mol. The number of hydrogen-bond donors (Lipinski definition) is 3. The molecule has 1 heterocycles. The van der Waals surface area contributed by atoms with Crippen LogP contribution in [0.2, 0.25) is 0 Å². The van der Waals surface area contributed by atoms with E-state index in [4.69, 9.17) is 0 Å². The van der Waals surface area contributed by atoms with Gasteiger partial charge in [0, 0.05) is 6.54 Å². The molecule has 0 spiro atoms. The van der Waals surface area contributed by atoms with Crippen LogP contribution in [-0.4, -0.2) is 36.8 Å². The third-order valence-corrected chi connectivity index (χ3v) is 4.12. The van der Waals surface area contributed by atoms with Gasteiger partial charge in [0.1, 0.15) is 0 Å². The maximum Gasteiger partial charge on any atom is 0.226 e. The lowest BCUT2D eigenvalue weighted by Gasteiger charge is -2.36. The summed E-state index contributed by atoms with van der Waals surface area (Å²) in [6.07, 6.45) is 4.02. The zero-order chi connectivity index (χ0) is 15.2. The number of carbonyl (C=O) groups excluding carboxylic acids is 1. The molecule has 0 radical (unpaired) electrons. The van der Waals surface area contributed by atoms with Crippen molar-refractivity contribution in [3.05, 3.63) is 0 Å². The molecule has 1 fully saturated rings. The van der Waals surface area contributed by atoms with Crippen LogP contribution in [0.1, 0.15) is 59.8 Å². The molecule has 0 aliphatic carbocycles. The van der Waals surface area contributed by atoms with Gasteiger partial charge in [-0.05, 0) is 44.2 Å². The Morgan fingerprint density at radius 3 is 2.45 bits per heavy atom. The van der Waals surface area contributed by atoms with E-state index in [9.17, 15) is 9.90 Å². The minimum Gasteiger partial charge on any atom is -0.391 e. The molecule has 1 saturated heterocycles. The average Bonchev–Trinajstić information content (AvgIpc) is 2.35. The Morgan fingerprint density at radius 2 is 1.95 bits per heavy atom. The van der Waals surface area contributed by atoms with E-state index in [0.29, 0.717) is 13.0 Å². The van der Waals surface area contributed by atoms with Crippen molar-refractivity contribution in [2.75, 3.05) is 19.6 Å². The molecule has 0 aromatic carbocycles. The van der Waals surface area contributed by atoms with Gasteiger partial charge in [-0.15, -0.1) is 0 Å². The van der Waals surface area contributed by atoms with Crippen LogP contribution < -0.4 is 10.6 Å². The predicted molar refractivity (Wildman–Crippen MR) is 82.5 cm³/mol. The van der Waals surface area contributed by atoms with Gasteiger partial charge in [0.2, 0.25) is 5.91 Å². The number of amides is 1. The lowest BCUT2D eigenvalue weighted by atomic mass is 9.74. The summed E-state index contributed by atoms with van der Waals surface area (Å²) in [5.41, 5.74) is -0.137. The van der Waals surface area contributed by atoms with E-state index < -0.39 is 6.10 Å². The Balaban J connectivity index is 2.50. The smallest absolute Gasteiger partial charge is 0.226 e. The fourth-order valence-electron chi connectivity index (χ4n) is 3.15. The van der Waals surface area contributed by atoms with Crippen molar-refractivity contribution in [1.29, 1.82) is 0 Å². The van der Waals surface area contributed by atoms with Gasteiger partial charge in [0.05, 0.1) is 11.5 Å². The van der Waals surface area contributed by atoms with E-state index in [2.05, 4.69) is 38.3 Å². The van der Waals surface area contributed by atoms with Crippen LogP contribution in [0.25, 0.3) is 0 Å². The number of rotatable bonds is 6. The van der Waals surface area contributed by atoms with Gasteiger partial charge in [0.25, 0.3) is 0 Å². The maximum absolute atomic E-state index is 12.5. The fourth-order valence-corrected chi connectivity index (χ4v) is 3.15. The second-order valence-electron chi connectivity index (χ2n) is 7.41. The molecule has 20 heavy (non-hydrogen) atoms. The van der Waals surface area contributed by atoms with Crippen molar-refractivity contribution < 1.29 is 9.90 Å². The van der Waals surface area contributed by atoms with Gasteiger partial charge in [-0.1, -0.05) is 34.1 Å². The first-order valence-corrected chi connectivity index (χ1v) is 7.96. The Bertz CT molecular complexity index is 299. The van der Waals surface area contributed by atoms with Gasteiger partial charge in [0.15, 0.2) is 0 Å². The molecule has 3 N–H and O–H groups in total. The highest BCUT2D eigenvalue weighted by atomic mass is 16.3. The second-order valence-corrected chi connectivity index (χ2v) is 7.41. The normalized spacial score (nSPS) is 20.4. The van der Waals surface area contributed by atoms with Crippen molar-refractivity contribution >= 4 is 5.91 Å². The first-order valence-electron chi connectivity index (χ1n) is 7.96. The third kappa shape index (κ3) is 5.41. The first kappa shape index (κ1) is 17.4. The molecule has 1 aliphatic heterocycles. The summed E-state index contributed by atoms with van der Waals surface area (Å²) >= 11 is 0. The van der Waals surface area contributed by atoms with Crippen LogP contribution in [0.4, 0.5) is 0 Å². The summed E-state index contributed by atoms with van der Waals surface area (Å²) in [5.74, 6) is 0.133. The van der Waals surface area contributed by atoms with Crippen LogP contribution in [0.15, 0.2) is 0 Å². The molecule has 0 saturated carbocycles. The van der Waals surface area contributed by atoms with E-state index in [1.807, 2.05) is 0 Å². The van der Waals surface area contributed by atoms with Crippen LogP contribution in [0.3, 0.4) is 0 Å². The second kappa shape index (κ2) is 7.41. The molecule has 4 nitrogen and oxygen atoms in total. The number of hydrogen-bond acceptors (Lipinski definition) is 3. The fraction of sp³-hybridized carbons (Fsp3) is 0.938. The summed E-state index contributed by atoms with van der Waals surface area (Å²) in [6.45, 7) is 10.6. The zero-order valence-electron chi connectivity index (χ0n) is 13.6. The van der Waals surface area contributed by atoms with Gasteiger partial charge in [-0.3, -0.25) is 4.79 Å². The predicted octanol–water partition coefficient (Wildman–Crippen LogP) is 2.07. The minimum atomic E-state index is -0.459. The Morgan fingerprint density at radius 1 is 1.35 bits per heavy atom. The van der Waals surface area contributed by atoms with Crippen molar-refractivity contribution in [3.63, 3.8) is 0 Å². The number of carbonyl (C=O) groups is 1. The lowest BCUT2D eigenvalue weighted by Crippen LogP contribution is -2.49. The highest BCUT2D eigenvalue weighted by Crippen LogP contribution is 2.34. The summed E-state index contributed by atoms with van der Waals surface area (Å²) in [7, 11) is 0. The van der Waals surface area contributed by atoms with Crippen LogP contribution in [0, 0.1) is 10.8 Å². The van der Waals surface area contributed by atoms with Crippen LogP contribution >= 0.6 is 0 Å². The molecule has 0 aromatic heterocycles. The van der Waals surface area contributed by atoms with Gasteiger partial charge in [-0.25, -0.2) is 0 Å². The quantitative estimate of drug-likeness (QED) is 0.700. The summed E-state index contributed by atoms with van der Waals surface area (Å²) in [5, 5.41) is 16.3. The molecule has 1 unspecified atom stereocenters. The molecule has 1 aliphatic rings. The van der Waals surface area contributed by atoms with Crippen LogP contribution in [0.5, 0.6) is 0 Å². The molecule has 1 atom stereocenters. The summed E-state index contributed by atoms with van der Waals surface area (Å²) < 4.78 is 0. The number of aliphatic hydroxyl groups is 1. The molecular formula is C16H32N2O2. The zero-order valence-corrected chi connectivity index (χ0v) is 13.6. The van der Waals surface area contributed by atoms with E-state index in [0.717, 1.165) is 38.8 Å². The summed E-state index contributed by atoms with van der Waals surface area (Å²) in [6, 6.07) is 0. The van der Waals surface area contributed by atoms with Gasteiger partial charge in [-0.2, -0.15) is 0 Å². The topological polar surface area (TPSA) is 61.4 Å². The SMILES string of the molecule is CCCC1(C(=O)NCC(O)CC(C)(C)C)CCNCC1. The first-order chi connectivity index (χ1) is 9.29. The maximum atomic E-state index is 12.5. The van der Waals surface area contributed by atoms with Crippen LogP contribution in [-0.2, 0) is 4.79 Å². The molecule has 0 aromatic rings. The number of aliphatic hydroxyl groups excluding tert-OH is 1.